The van der Waals surface area contributed by atoms with Crippen LogP contribution in [-0.4, -0.2) is 43.7 Å². The van der Waals surface area contributed by atoms with Crippen molar-refractivity contribution in [1.29, 1.82) is 0 Å². The van der Waals surface area contributed by atoms with Crippen LogP contribution in [0.2, 0.25) is 0 Å². The summed E-state index contributed by atoms with van der Waals surface area (Å²) in [5.74, 6) is 2.16. The van der Waals surface area contributed by atoms with Crippen molar-refractivity contribution in [2.45, 2.75) is 24.7 Å². The first-order valence-electron chi connectivity index (χ1n) is 7.56. The minimum Gasteiger partial charge on any atom is -0.375 e. The Labute approximate surface area is 131 Å². The summed E-state index contributed by atoms with van der Waals surface area (Å²) < 4.78 is 5.64. The van der Waals surface area contributed by atoms with Crippen LogP contribution in [0.1, 0.15) is 18.4 Å². The summed E-state index contributed by atoms with van der Waals surface area (Å²) in [6.45, 7) is 3.10. The Kier molecular flexibility index (Phi) is 7.46. The van der Waals surface area contributed by atoms with E-state index in [1.54, 1.807) is 0 Å². The predicted molar refractivity (Wildman–Crippen MR) is 90.9 cm³/mol. The van der Waals surface area contributed by atoms with E-state index in [0.717, 1.165) is 24.3 Å². The number of ether oxygens (including phenoxy) is 1. The summed E-state index contributed by atoms with van der Waals surface area (Å²) in [5.41, 5.74) is 1.21. The highest BCUT2D eigenvalue weighted by atomic mass is 32.2. The molecule has 0 amide bonds. The predicted octanol–water partition coefficient (Wildman–Crippen LogP) is 2.26. The second-order valence-electron chi connectivity index (χ2n) is 5.05. The Morgan fingerprint density at radius 2 is 2.19 bits per heavy atom. The lowest BCUT2D eigenvalue weighted by molar-refractivity contribution is 0.125. The molecule has 4 nitrogen and oxygen atoms in total. The van der Waals surface area contributed by atoms with Gasteiger partial charge < -0.3 is 15.4 Å². The molecule has 2 N–H and O–H groups in total. The molecule has 0 radical (unpaired) electrons. The molecule has 116 valence electrons. The third-order valence-electron chi connectivity index (χ3n) is 3.40. The highest BCUT2D eigenvalue weighted by molar-refractivity contribution is 8.00. The van der Waals surface area contributed by atoms with Crippen LogP contribution in [0, 0.1) is 0 Å². The molecule has 1 unspecified atom stereocenters. The lowest BCUT2D eigenvalue weighted by Gasteiger charge is -2.14. The molecule has 1 aromatic carbocycles. The van der Waals surface area contributed by atoms with Crippen molar-refractivity contribution in [1.82, 2.24) is 10.6 Å². The maximum absolute atomic E-state index is 5.64. The van der Waals surface area contributed by atoms with Gasteiger partial charge in [-0.1, -0.05) is 30.3 Å². The minimum absolute atomic E-state index is 0.660. The van der Waals surface area contributed by atoms with Crippen molar-refractivity contribution in [2.24, 2.45) is 4.99 Å². The van der Waals surface area contributed by atoms with Gasteiger partial charge in [0.05, 0.1) is 13.2 Å². The molecular weight excluding hydrogens is 282 g/mol. The Morgan fingerprint density at radius 1 is 1.33 bits per heavy atom. The van der Waals surface area contributed by atoms with Crippen LogP contribution in [0.3, 0.4) is 0 Å². The summed E-state index contributed by atoms with van der Waals surface area (Å²) in [5, 5.41) is 7.40. The van der Waals surface area contributed by atoms with Gasteiger partial charge in [-0.25, -0.2) is 0 Å². The van der Waals surface area contributed by atoms with Gasteiger partial charge in [-0.05, 0) is 24.2 Å². The third kappa shape index (κ3) is 6.40. The fourth-order valence-electron chi connectivity index (χ4n) is 2.24. The summed E-state index contributed by atoms with van der Waals surface area (Å²) in [4.78, 5) is 4.23. The fourth-order valence-corrected chi connectivity index (χ4v) is 3.44. The van der Waals surface area contributed by atoms with Gasteiger partial charge in [0.25, 0.3) is 0 Å². The number of thioether (sulfide) groups is 1. The number of guanidine groups is 1. The SMILES string of the molecule is CN=C(NCCOCc1ccccc1)NCC1CCCS1. The first kappa shape index (κ1) is 16.2. The summed E-state index contributed by atoms with van der Waals surface area (Å²) in [6.07, 6.45) is 2.66. The average Bonchev–Trinajstić information content (AvgIpc) is 3.04. The van der Waals surface area contributed by atoms with Crippen molar-refractivity contribution in [3.8, 4) is 0 Å². The molecule has 21 heavy (non-hydrogen) atoms. The molecule has 1 saturated heterocycles. The lowest BCUT2D eigenvalue weighted by atomic mass is 10.2. The highest BCUT2D eigenvalue weighted by Crippen LogP contribution is 2.25. The summed E-state index contributed by atoms with van der Waals surface area (Å²) in [7, 11) is 1.81. The van der Waals surface area contributed by atoms with E-state index in [4.69, 9.17) is 4.74 Å². The number of hydrogen-bond donors (Lipinski definition) is 2. The average molecular weight is 307 g/mol. The van der Waals surface area contributed by atoms with Gasteiger partial charge in [-0.3, -0.25) is 4.99 Å². The van der Waals surface area contributed by atoms with E-state index in [0.29, 0.717) is 13.2 Å². The molecule has 0 spiro atoms. The van der Waals surface area contributed by atoms with Crippen molar-refractivity contribution in [3.63, 3.8) is 0 Å². The van der Waals surface area contributed by atoms with E-state index in [1.807, 2.05) is 25.2 Å². The van der Waals surface area contributed by atoms with Gasteiger partial charge >= 0.3 is 0 Å². The molecule has 0 saturated carbocycles. The van der Waals surface area contributed by atoms with Gasteiger partial charge in [0.15, 0.2) is 5.96 Å². The molecular formula is C16H25N3OS. The number of benzene rings is 1. The molecule has 0 aromatic heterocycles. The maximum atomic E-state index is 5.64. The van der Waals surface area contributed by atoms with E-state index < -0.39 is 0 Å². The zero-order valence-electron chi connectivity index (χ0n) is 12.7. The molecule has 1 atom stereocenters. The largest absolute Gasteiger partial charge is 0.375 e. The Bertz CT molecular complexity index is 419. The molecule has 1 aliphatic rings. The number of rotatable bonds is 7. The Hall–Kier alpha value is -1.20. The quantitative estimate of drug-likeness (QED) is 0.461. The normalized spacial score (nSPS) is 18.7. The Balaban J connectivity index is 1.54. The van der Waals surface area contributed by atoms with Gasteiger partial charge in [-0.2, -0.15) is 11.8 Å². The molecule has 0 bridgehead atoms. The van der Waals surface area contributed by atoms with Crippen molar-refractivity contribution in [2.75, 3.05) is 32.5 Å². The first-order valence-corrected chi connectivity index (χ1v) is 8.61. The lowest BCUT2D eigenvalue weighted by Crippen LogP contribution is -2.41. The van der Waals surface area contributed by atoms with Crippen molar-refractivity contribution < 1.29 is 4.74 Å². The number of hydrogen-bond acceptors (Lipinski definition) is 3. The maximum Gasteiger partial charge on any atom is 0.191 e. The van der Waals surface area contributed by atoms with Crippen LogP contribution in [0.15, 0.2) is 35.3 Å². The second kappa shape index (κ2) is 9.68. The van der Waals surface area contributed by atoms with Crippen LogP contribution in [-0.2, 0) is 11.3 Å². The molecule has 1 aromatic rings. The van der Waals surface area contributed by atoms with Crippen LogP contribution in [0.25, 0.3) is 0 Å². The zero-order chi connectivity index (χ0) is 14.8. The zero-order valence-corrected chi connectivity index (χ0v) is 13.5. The molecule has 5 heteroatoms. The molecule has 1 aliphatic heterocycles. The van der Waals surface area contributed by atoms with Crippen LogP contribution >= 0.6 is 11.8 Å². The molecule has 0 aliphatic carbocycles. The summed E-state index contributed by atoms with van der Waals surface area (Å²) >= 11 is 2.05. The standard InChI is InChI=1S/C16H25N3OS/c1-17-16(19-12-15-8-5-11-21-15)18-9-10-20-13-14-6-3-2-4-7-14/h2-4,6-7,15H,5,8-13H2,1H3,(H2,17,18,19). The first-order chi connectivity index (χ1) is 10.4. The van der Waals surface area contributed by atoms with E-state index in [9.17, 15) is 0 Å². The van der Waals surface area contributed by atoms with Crippen LogP contribution in [0.5, 0.6) is 0 Å². The van der Waals surface area contributed by atoms with Gasteiger partial charge in [0.2, 0.25) is 0 Å². The molecule has 2 rings (SSSR count). The van der Waals surface area contributed by atoms with Gasteiger partial charge in [0.1, 0.15) is 0 Å². The second-order valence-corrected chi connectivity index (χ2v) is 6.46. The number of aliphatic imine (C=N–C) groups is 1. The number of nitrogens with zero attached hydrogens (tertiary/aromatic N) is 1. The van der Waals surface area contributed by atoms with E-state index in [1.165, 1.54) is 24.2 Å². The third-order valence-corrected chi connectivity index (χ3v) is 4.79. The summed E-state index contributed by atoms with van der Waals surface area (Å²) in [6, 6.07) is 10.2. The van der Waals surface area contributed by atoms with E-state index in [-0.39, 0.29) is 0 Å². The molecule has 1 heterocycles. The smallest absolute Gasteiger partial charge is 0.191 e. The highest BCUT2D eigenvalue weighted by Gasteiger charge is 2.15. The van der Waals surface area contributed by atoms with Gasteiger partial charge in [-0.15, -0.1) is 0 Å². The number of nitrogens with one attached hydrogen (secondary N) is 2. The van der Waals surface area contributed by atoms with E-state index >= 15 is 0 Å². The van der Waals surface area contributed by atoms with Crippen LogP contribution < -0.4 is 10.6 Å². The van der Waals surface area contributed by atoms with E-state index in [2.05, 4.69) is 39.5 Å². The fraction of sp³-hybridized carbons (Fsp3) is 0.562. The van der Waals surface area contributed by atoms with Crippen LogP contribution in [0.4, 0.5) is 0 Å². The Morgan fingerprint density at radius 3 is 2.90 bits per heavy atom. The van der Waals surface area contributed by atoms with Crippen molar-refractivity contribution >= 4 is 17.7 Å². The molecule has 1 fully saturated rings. The van der Waals surface area contributed by atoms with Crippen molar-refractivity contribution in [3.05, 3.63) is 35.9 Å². The van der Waals surface area contributed by atoms with Gasteiger partial charge in [0, 0.05) is 25.4 Å². The topological polar surface area (TPSA) is 45.7 Å². The minimum atomic E-state index is 0.660. The monoisotopic (exact) mass is 307 g/mol.